The van der Waals surface area contributed by atoms with E-state index < -0.39 is 0 Å². The lowest BCUT2D eigenvalue weighted by Crippen LogP contribution is -1.86. The number of nitrogens with one attached hydrogen (secondary N) is 1. The Kier molecular flexibility index (Phi) is 1.60. The quantitative estimate of drug-likeness (QED) is 0.480. The van der Waals surface area contributed by atoms with Crippen molar-refractivity contribution < 1.29 is 15.3 Å². The monoisotopic (exact) mass is 180 g/mol. The summed E-state index contributed by atoms with van der Waals surface area (Å²) < 4.78 is 0. The molecule has 1 aromatic carbocycles. The summed E-state index contributed by atoms with van der Waals surface area (Å²) in [5.74, 6) is -0.509. The molecule has 0 fully saturated rings. The van der Waals surface area contributed by atoms with E-state index in [1.54, 1.807) is 0 Å². The maximum absolute atomic E-state index is 9.36. The molecule has 1 aromatic heterocycles. The summed E-state index contributed by atoms with van der Waals surface area (Å²) in [6.07, 6.45) is 1.39. The molecule has 0 unspecified atom stereocenters. The lowest BCUT2D eigenvalue weighted by Gasteiger charge is -2.02. The second kappa shape index (κ2) is 2.63. The SMILES string of the molecule is OCc1cc(O)c(O)c2[nH]cnc12. The van der Waals surface area contributed by atoms with Crippen LogP contribution >= 0.6 is 0 Å². The van der Waals surface area contributed by atoms with Crippen LogP contribution in [0.25, 0.3) is 11.0 Å². The maximum Gasteiger partial charge on any atom is 0.183 e. The van der Waals surface area contributed by atoms with Crippen LogP contribution in [0.5, 0.6) is 11.5 Å². The van der Waals surface area contributed by atoms with Crippen LogP contribution in [0.1, 0.15) is 5.56 Å². The predicted molar refractivity (Wildman–Crippen MR) is 45.3 cm³/mol. The fourth-order valence-electron chi connectivity index (χ4n) is 1.27. The van der Waals surface area contributed by atoms with Gasteiger partial charge in [-0.1, -0.05) is 0 Å². The highest BCUT2D eigenvalue weighted by atomic mass is 16.3. The number of hydrogen-bond donors (Lipinski definition) is 4. The van der Waals surface area contributed by atoms with Crippen molar-refractivity contribution >= 4 is 11.0 Å². The van der Waals surface area contributed by atoms with Crippen molar-refractivity contribution in [2.75, 3.05) is 0 Å². The minimum Gasteiger partial charge on any atom is -0.504 e. The number of aromatic nitrogens is 2. The van der Waals surface area contributed by atoms with E-state index in [1.807, 2.05) is 0 Å². The highest BCUT2D eigenvalue weighted by molar-refractivity contribution is 5.86. The Bertz CT molecular complexity index is 450. The molecular formula is C8H8N2O3. The highest BCUT2D eigenvalue weighted by Gasteiger charge is 2.11. The van der Waals surface area contributed by atoms with Gasteiger partial charge < -0.3 is 20.3 Å². The summed E-state index contributed by atoms with van der Waals surface area (Å²) >= 11 is 0. The average molecular weight is 180 g/mol. The van der Waals surface area contributed by atoms with E-state index in [1.165, 1.54) is 12.4 Å². The number of nitrogens with zero attached hydrogens (tertiary/aromatic N) is 1. The standard InChI is InChI=1S/C8H8N2O3/c11-2-4-1-5(12)8(13)7-6(4)9-3-10-7/h1,3,11-13H,2H2,(H,9,10). The van der Waals surface area contributed by atoms with E-state index in [0.717, 1.165) is 0 Å². The van der Waals surface area contributed by atoms with Gasteiger partial charge in [0.15, 0.2) is 11.5 Å². The van der Waals surface area contributed by atoms with Gasteiger partial charge in [0, 0.05) is 5.56 Å². The van der Waals surface area contributed by atoms with E-state index >= 15 is 0 Å². The smallest absolute Gasteiger partial charge is 0.183 e. The zero-order valence-electron chi connectivity index (χ0n) is 6.65. The van der Waals surface area contributed by atoms with Crippen molar-refractivity contribution in [2.45, 2.75) is 6.61 Å². The Balaban J connectivity index is 2.87. The largest absolute Gasteiger partial charge is 0.504 e. The summed E-state index contributed by atoms with van der Waals surface area (Å²) in [4.78, 5) is 6.58. The van der Waals surface area contributed by atoms with Gasteiger partial charge >= 0.3 is 0 Å². The number of aromatic hydroxyl groups is 2. The zero-order chi connectivity index (χ0) is 9.42. The van der Waals surface area contributed by atoms with Crippen LogP contribution in [-0.4, -0.2) is 25.3 Å². The van der Waals surface area contributed by atoms with Crippen LogP contribution in [0.15, 0.2) is 12.4 Å². The number of hydrogen-bond acceptors (Lipinski definition) is 4. The first-order valence-electron chi connectivity index (χ1n) is 3.71. The summed E-state index contributed by atoms with van der Waals surface area (Å²) in [6, 6.07) is 1.29. The van der Waals surface area contributed by atoms with Crippen LogP contribution in [0, 0.1) is 0 Å². The molecule has 0 aliphatic carbocycles. The minimum atomic E-state index is -0.263. The van der Waals surface area contributed by atoms with Crippen molar-refractivity contribution in [3.05, 3.63) is 18.0 Å². The van der Waals surface area contributed by atoms with Crippen LogP contribution in [-0.2, 0) is 6.61 Å². The fourth-order valence-corrected chi connectivity index (χ4v) is 1.27. The lowest BCUT2D eigenvalue weighted by molar-refractivity contribution is 0.282. The lowest BCUT2D eigenvalue weighted by atomic mass is 10.1. The molecule has 5 heteroatoms. The first-order chi connectivity index (χ1) is 6.24. The molecule has 0 aliphatic heterocycles. The van der Waals surface area contributed by atoms with E-state index in [4.69, 9.17) is 5.11 Å². The number of benzene rings is 1. The third-order valence-electron chi connectivity index (χ3n) is 1.90. The number of aliphatic hydroxyl groups excluding tert-OH is 1. The molecule has 1 heterocycles. The Hall–Kier alpha value is -1.75. The number of fused-ring (bicyclic) bond motifs is 1. The molecular weight excluding hydrogens is 172 g/mol. The molecule has 0 amide bonds. The summed E-state index contributed by atoms with van der Waals surface area (Å²) in [7, 11) is 0. The molecule has 13 heavy (non-hydrogen) atoms. The number of phenolic OH excluding ortho intramolecular Hbond substituents is 2. The summed E-state index contributed by atoms with van der Waals surface area (Å²) in [5, 5.41) is 27.5. The Morgan fingerprint density at radius 2 is 2.15 bits per heavy atom. The summed E-state index contributed by atoms with van der Waals surface area (Å²) in [5.41, 5.74) is 1.29. The molecule has 68 valence electrons. The Morgan fingerprint density at radius 3 is 2.85 bits per heavy atom. The van der Waals surface area contributed by atoms with Gasteiger partial charge in [-0.25, -0.2) is 4.98 Å². The van der Waals surface area contributed by atoms with Gasteiger partial charge in [0.25, 0.3) is 0 Å². The number of H-pyrrole nitrogens is 1. The zero-order valence-corrected chi connectivity index (χ0v) is 6.65. The number of rotatable bonds is 1. The molecule has 4 N–H and O–H groups in total. The topological polar surface area (TPSA) is 89.4 Å². The van der Waals surface area contributed by atoms with Gasteiger partial charge in [0.2, 0.25) is 0 Å². The fraction of sp³-hybridized carbons (Fsp3) is 0.125. The van der Waals surface area contributed by atoms with Crippen LogP contribution < -0.4 is 0 Å². The van der Waals surface area contributed by atoms with Gasteiger partial charge in [0.1, 0.15) is 5.52 Å². The van der Waals surface area contributed by atoms with Crippen molar-refractivity contribution in [1.82, 2.24) is 9.97 Å². The van der Waals surface area contributed by atoms with Gasteiger partial charge in [-0.15, -0.1) is 0 Å². The normalized spacial score (nSPS) is 10.8. The van der Waals surface area contributed by atoms with Gasteiger partial charge in [0.05, 0.1) is 18.5 Å². The molecule has 0 aliphatic rings. The van der Waals surface area contributed by atoms with Crippen molar-refractivity contribution in [3.8, 4) is 11.5 Å². The van der Waals surface area contributed by atoms with E-state index in [0.29, 0.717) is 16.6 Å². The van der Waals surface area contributed by atoms with Crippen LogP contribution in [0.4, 0.5) is 0 Å². The van der Waals surface area contributed by atoms with E-state index in [2.05, 4.69) is 9.97 Å². The van der Waals surface area contributed by atoms with Crippen molar-refractivity contribution in [2.24, 2.45) is 0 Å². The molecule has 0 bridgehead atoms. The number of aromatic amines is 1. The molecule has 0 radical (unpaired) electrons. The first-order valence-corrected chi connectivity index (χ1v) is 3.71. The van der Waals surface area contributed by atoms with Crippen molar-refractivity contribution in [3.63, 3.8) is 0 Å². The van der Waals surface area contributed by atoms with Gasteiger partial charge in [-0.3, -0.25) is 0 Å². The van der Waals surface area contributed by atoms with E-state index in [9.17, 15) is 10.2 Å². The first kappa shape index (κ1) is 7.88. The number of phenols is 2. The average Bonchev–Trinajstić information content (AvgIpc) is 2.60. The third-order valence-corrected chi connectivity index (χ3v) is 1.90. The second-order valence-corrected chi connectivity index (χ2v) is 2.69. The van der Waals surface area contributed by atoms with Gasteiger partial charge in [-0.05, 0) is 6.07 Å². The molecule has 0 saturated carbocycles. The molecule has 2 aromatic rings. The number of imidazole rings is 1. The molecule has 0 atom stereocenters. The Morgan fingerprint density at radius 1 is 1.38 bits per heavy atom. The Labute approximate surface area is 73.3 Å². The second-order valence-electron chi connectivity index (χ2n) is 2.69. The minimum absolute atomic E-state index is 0.227. The summed E-state index contributed by atoms with van der Waals surface area (Å²) in [6.45, 7) is -0.227. The van der Waals surface area contributed by atoms with Crippen LogP contribution in [0.3, 0.4) is 0 Å². The van der Waals surface area contributed by atoms with E-state index in [-0.39, 0.29) is 18.1 Å². The number of aliphatic hydroxyl groups is 1. The molecule has 5 nitrogen and oxygen atoms in total. The van der Waals surface area contributed by atoms with Gasteiger partial charge in [-0.2, -0.15) is 0 Å². The molecule has 0 spiro atoms. The van der Waals surface area contributed by atoms with Crippen LogP contribution in [0.2, 0.25) is 0 Å². The molecule has 0 saturated heterocycles. The predicted octanol–water partition coefficient (Wildman–Crippen LogP) is 0.466. The molecule has 2 rings (SSSR count). The maximum atomic E-state index is 9.36. The third kappa shape index (κ3) is 1.01. The van der Waals surface area contributed by atoms with Crippen molar-refractivity contribution in [1.29, 1.82) is 0 Å². The highest BCUT2D eigenvalue weighted by Crippen LogP contribution is 2.33.